The first-order valence-corrected chi connectivity index (χ1v) is 14.4. The number of aromatic amines is 2. The normalized spacial score (nSPS) is 12.3. The summed E-state index contributed by atoms with van der Waals surface area (Å²) in [5.74, 6) is 4.23. The molecule has 3 heterocycles. The van der Waals surface area contributed by atoms with Crippen LogP contribution in [0.15, 0.2) is 42.5 Å². The maximum Gasteiger partial charge on any atom is 0.233 e. The van der Waals surface area contributed by atoms with Crippen molar-refractivity contribution in [2.75, 3.05) is 30.4 Å². The molecule has 5 rings (SSSR count). The summed E-state index contributed by atoms with van der Waals surface area (Å²) < 4.78 is 5.50. The maximum atomic E-state index is 5.50. The predicted octanol–water partition coefficient (Wildman–Crippen LogP) is 5.97. The van der Waals surface area contributed by atoms with Gasteiger partial charge in [-0.15, -0.1) is 0 Å². The van der Waals surface area contributed by atoms with E-state index in [2.05, 4.69) is 70.4 Å². The molecule has 3 N–H and O–H groups in total. The third kappa shape index (κ3) is 7.00. The molecule has 3 aromatic heterocycles. The van der Waals surface area contributed by atoms with Gasteiger partial charge in [0.1, 0.15) is 17.3 Å². The summed E-state index contributed by atoms with van der Waals surface area (Å²) in [6.07, 6.45) is 13.6. The van der Waals surface area contributed by atoms with Crippen LogP contribution < -0.4 is 15.0 Å². The Labute approximate surface area is 241 Å². The Morgan fingerprint density at radius 1 is 1.00 bits per heavy atom. The lowest BCUT2D eigenvalue weighted by atomic mass is 10.1. The Kier molecular flexibility index (Phi) is 9.08. The molecule has 4 aromatic rings. The van der Waals surface area contributed by atoms with E-state index in [4.69, 9.17) is 24.7 Å². The van der Waals surface area contributed by atoms with Crippen LogP contribution in [0, 0.1) is 6.92 Å². The standard InChI is InChI=1S/C31H39N9O/c1-5-17-40(18-6-2)31-36-27(14-10-11-22-16-15-21(3)26(19-22)41-4)34-30(37-31)35-28-20-25(38-39-28)29-32-23-12-8-7-9-13-24(23)33-29/h7-9,12,15-16,19-20H,5-6,10-11,13-14,17-18H2,1-4H3,(H,32,33)(H2,34,35,36,37,38,39). The van der Waals surface area contributed by atoms with E-state index in [1.54, 1.807) is 7.11 Å². The number of hydrogen-bond acceptors (Lipinski definition) is 8. The number of anilines is 3. The Morgan fingerprint density at radius 2 is 1.85 bits per heavy atom. The molecule has 0 aliphatic heterocycles. The van der Waals surface area contributed by atoms with Crippen LogP contribution in [-0.4, -0.2) is 55.3 Å². The zero-order chi connectivity index (χ0) is 28.6. The largest absolute Gasteiger partial charge is 0.496 e. The van der Waals surface area contributed by atoms with Crippen molar-refractivity contribution >= 4 is 23.8 Å². The SMILES string of the molecule is CCCN(CCC)c1nc(CCCc2ccc(C)c(OC)c2)nc(Nc2cc(-c3nc4c([nH]3)CC=CC=C4)[nH]n2)n1. The van der Waals surface area contributed by atoms with Gasteiger partial charge in [-0.2, -0.15) is 20.1 Å². The zero-order valence-corrected chi connectivity index (χ0v) is 24.4. The lowest BCUT2D eigenvalue weighted by molar-refractivity contribution is 0.411. The highest BCUT2D eigenvalue weighted by Crippen LogP contribution is 2.24. The fourth-order valence-electron chi connectivity index (χ4n) is 4.92. The van der Waals surface area contributed by atoms with Gasteiger partial charge in [0.2, 0.25) is 11.9 Å². The molecule has 1 aliphatic carbocycles. The third-order valence-electron chi connectivity index (χ3n) is 6.98. The lowest BCUT2D eigenvalue weighted by Gasteiger charge is -2.22. The Morgan fingerprint density at radius 3 is 2.66 bits per heavy atom. The summed E-state index contributed by atoms with van der Waals surface area (Å²) >= 11 is 0. The quantitative estimate of drug-likeness (QED) is 0.185. The number of nitrogens with zero attached hydrogens (tertiary/aromatic N) is 6. The molecule has 0 unspecified atom stereocenters. The van der Waals surface area contributed by atoms with Crippen LogP contribution in [-0.2, 0) is 19.3 Å². The first-order valence-electron chi connectivity index (χ1n) is 14.4. The summed E-state index contributed by atoms with van der Waals surface area (Å²) in [7, 11) is 1.71. The number of nitrogens with one attached hydrogen (secondary N) is 3. The van der Waals surface area contributed by atoms with E-state index in [1.165, 1.54) is 5.56 Å². The fraction of sp³-hybridized carbons (Fsp3) is 0.387. The maximum absolute atomic E-state index is 5.50. The van der Waals surface area contributed by atoms with Crippen LogP contribution in [0.5, 0.6) is 5.75 Å². The Bertz CT molecular complexity index is 1510. The van der Waals surface area contributed by atoms with Crippen molar-refractivity contribution in [1.82, 2.24) is 35.1 Å². The highest BCUT2D eigenvalue weighted by atomic mass is 16.5. The summed E-state index contributed by atoms with van der Waals surface area (Å²) in [6.45, 7) is 8.18. The Hall–Kier alpha value is -4.47. The van der Waals surface area contributed by atoms with E-state index in [0.29, 0.717) is 17.7 Å². The molecular weight excluding hydrogens is 514 g/mol. The lowest BCUT2D eigenvalue weighted by Crippen LogP contribution is -2.28. The third-order valence-corrected chi connectivity index (χ3v) is 6.98. The van der Waals surface area contributed by atoms with Crippen LogP contribution >= 0.6 is 0 Å². The molecular formula is C31H39N9O. The van der Waals surface area contributed by atoms with E-state index in [9.17, 15) is 0 Å². The molecule has 10 heteroatoms. The van der Waals surface area contributed by atoms with E-state index in [1.807, 2.05) is 24.3 Å². The highest BCUT2D eigenvalue weighted by molar-refractivity contribution is 5.63. The second kappa shape index (κ2) is 13.3. The van der Waals surface area contributed by atoms with Crippen LogP contribution in [0.3, 0.4) is 0 Å². The van der Waals surface area contributed by atoms with Crippen LogP contribution in [0.25, 0.3) is 17.6 Å². The molecule has 0 atom stereocenters. The summed E-state index contributed by atoms with van der Waals surface area (Å²) in [4.78, 5) is 24.8. The minimum atomic E-state index is 0.487. The number of allylic oxidation sites excluding steroid dienone is 3. The number of ether oxygens (including phenoxy) is 1. The molecule has 0 fully saturated rings. The van der Waals surface area contributed by atoms with E-state index < -0.39 is 0 Å². The second-order valence-corrected chi connectivity index (χ2v) is 10.3. The van der Waals surface area contributed by atoms with E-state index >= 15 is 0 Å². The van der Waals surface area contributed by atoms with Gasteiger partial charge in [-0.05, 0) is 55.9 Å². The van der Waals surface area contributed by atoms with Gasteiger partial charge in [-0.25, -0.2) is 4.98 Å². The van der Waals surface area contributed by atoms with Crippen molar-refractivity contribution < 1.29 is 4.74 Å². The number of H-pyrrole nitrogens is 2. The Balaban J connectivity index is 1.34. The number of aromatic nitrogens is 7. The van der Waals surface area contributed by atoms with Crippen molar-refractivity contribution in [3.8, 4) is 17.3 Å². The topological polar surface area (TPSA) is 121 Å². The molecule has 1 aliphatic rings. The fourth-order valence-corrected chi connectivity index (χ4v) is 4.92. The van der Waals surface area contributed by atoms with Gasteiger partial charge in [0.25, 0.3) is 0 Å². The first kappa shape index (κ1) is 28.1. The monoisotopic (exact) mass is 553 g/mol. The number of hydrogen-bond donors (Lipinski definition) is 3. The number of aryl methyl sites for hydroxylation is 3. The molecule has 41 heavy (non-hydrogen) atoms. The van der Waals surface area contributed by atoms with Crippen molar-refractivity contribution in [1.29, 1.82) is 0 Å². The van der Waals surface area contributed by atoms with Gasteiger partial charge in [-0.1, -0.05) is 44.2 Å². The molecule has 0 spiro atoms. The minimum absolute atomic E-state index is 0.487. The zero-order valence-electron chi connectivity index (χ0n) is 24.4. The molecule has 0 radical (unpaired) electrons. The van der Waals surface area contributed by atoms with Crippen LogP contribution in [0.4, 0.5) is 17.7 Å². The van der Waals surface area contributed by atoms with E-state index in [-0.39, 0.29) is 0 Å². The number of benzene rings is 1. The van der Waals surface area contributed by atoms with Gasteiger partial charge in [0.15, 0.2) is 11.6 Å². The number of imidazole rings is 1. The molecule has 214 valence electrons. The van der Waals surface area contributed by atoms with Gasteiger partial charge in [0, 0.05) is 37.7 Å². The van der Waals surface area contributed by atoms with Crippen molar-refractivity contribution in [3.63, 3.8) is 0 Å². The summed E-state index contributed by atoms with van der Waals surface area (Å²) in [5.41, 5.74) is 5.19. The predicted molar refractivity (Wildman–Crippen MR) is 164 cm³/mol. The van der Waals surface area contributed by atoms with Crippen molar-refractivity contribution in [2.24, 2.45) is 0 Å². The average molecular weight is 554 g/mol. The van der Waals surface area contributed by atoms with Gasteiger partial charge in [0.05, 0.1) is 12.8 Å². The summed E-state index contributed by atoms with van der Waals surface area (Å²) in [6, 6.07) is 8.30. The highest BCUT2D eigenvalue weighted by Gasteiger charge is 2.16. The molecule has 0 saturated heterocycles. The molecule has 1 aromatic carbocycles. The molecule has 0 amide bonds. The molecule has 0 saturated carbocycles. The minimum Gasteiger partial charge on any atom is -0.496 e. The number of fused-ring (bicyclic) bond motifs is 1. The molecule has 10 nitrogen and oxygen atoms in total. The smallest absolute Gasteiger partial charge is 0.233 e. The van der Waals surface area contributed by atoms with Crippen molar-refractivity contribution in [3.05, 3.63) is 70.8 Å². The van der Waals surface area contributed by atoms with Gasteiger partial charge >= 0.3 is 0 Å². The first-order chi connectivity index (χ1) is 20.1. The van der Waals surface area contributed by atoms with Gasteiger partial charge in [-0.3, -0.25) is 5.10 Å². The molecule has 0 bridgehead atoms. The van der Waals surface area contributed by atoms with Gasteiger partial charge < -0.3 is 19.9 Å². The van der Waals surface area contributed by atoms with Crippen LogP contribution in [0.2, 0.25) is 0 Å². The summed E-state index contributed by atoms with van der Waals surface area (Å²) in [5, 5.41) is 10.8. The second-order valence-electron chi connectivity index (χ2n) is 10.3. The average Bonchev–Trinajstić information content (AvgIpc) is 3.54. The van der Waals surface area contributed by atoms with E-state index in [0.717, 1.165) is 91.7 Å². The van der Waals surface area contributed by atoms with Crippen LogP contribution in [0.1, 0.15) is 61.4 Å². The number of rotatable bonds is 13. The number of methoxy groups -OCH3 is 1. The van der Waals surface area contributed by atoms with Crippen molar-refractivity contribution in [2.45, 2.75) is 59.3 Å².